The van der Waals surface area contributed by atoms with E-state index in [1.54, 1.807) is 24.3 Å². The van der Waals surface area contributed by atoms with Crippen molar-refractivity contribution in [2.24, 2.45) is 0 Å². The lowest BCUT2D eigenvalue weighted by Crippen LogP contribution is -2.12. The molecule has 0 spiro atoms. The molecular formula is C26H22O5. The van der Waals surface area contributed by atoms with E-state index in [9.17, 15) is 9.59 Å². The monoisotopic (exact) mass is 414 g/mol. The summed E-state index contributed by atoms with van der Waals surface area (Å²) in [7, 11) is 0. The summed E-state index contributed by atoms with van der Waals surface area (Å²) in [4.78, 5) is 25.5. The van der Waals surface area contributed by atoms with Crippen molar-refractivity contribution in [2.45, 2.75) is 27.7 Å². The number of aryl methyl sites for hydroxylation is 4. The topological polar surface area (TPSA) is 65.7 Å². The first kappa shape index (κ1) is 20.4. The Morgan fingerprint density at radius 3 is 2.13 bits per heavy atom. The molecule has 0 N–H and O–H groups in total. The Kier molecular flexibility index (Phi) is 5.34. The van der Waals surface area contributed by atoms with Crippen LogP contribution >= 0.6 is 0 Å². The van der Waals surface area contributed by atoms with Gasteiger partial charge in [0.25, 0.3) is 0 Å². The van der Waals surface area contributed by atoms with Gasteiger partial charge in [-0.25, -0.2) is 4.79 Å². The van der Waals surface area contributed by atoms with E-state index >= 15 is 0 Å². The van der Waals surface area contributed by atoms with E-state index in [4.69, 9.17) is 13.9 Å². The van der Waals surface area contributed by atoms with Crippen molar-refractivity contribution in [3.63, 3.8) is 0 Å². The molecule has 5 nitrogen and oxygen atoms in total. The highest BCUT2D eigenvalue weighted by molar-refractivity contribution is 5.94. The molecule has 0 fully saturated rings. The molecule has 31 heavy (non-hydrogen) atoms. The maximum atomic E-state index is 12.8. The molecule has 1 aromatic heterocycles. The van der Waals surface area contributed by atoms with E-state index in [2.05, 4.69) is 0 Å². The van der Waals surface area contributed by atoms with Crippen LogP contribution in [0.3, 0.4) is 0 Å². The molecule has 0 bridgehead atoms. The summed E-state index contributed by atoms with van der Waals surface area (Å²) in [5.41, 5.74) is 4.43. The van der Waals surface area contributed by atoms with Crippen molar-refractivity contribution in [1.29, 1.82) is 0 Å². The van der Waals surface area contributed by atoms with Crippen molar-refractivity contribution in [3.8, 4) is 17.2 Å². The first-order chi connectivity index (χ1) is 14.8. The first-order valence-corrected chi connectivity index (χ1v) is 9.92. The Morgan fingerprint density at radius 2 is 1.45 bits per heavy atom. The van der Waals surface area contributed by atoms with Gasteiger partial charge >= 0.3 is 5.97 Å². The molecule has 0 amide bonds. The fraction of sp³-hybridized carbons (Fsp3) is 0.154. The predicted molar refractivity (Wildman–Crippen MR) is 119 cm³/mol. The predicted octanol–water partition coefficient (Wildman–Crippen LogP) is 6.04. The lowest BCUT2D eigenvalue weighted by Gasteiger charge is -2.11. The van der Waals surface area contributed by atoms with Crippen molar-refractivity contribution in [2.75, 3.05) is 0 Å². The average molecular weight is 414 g/mol. The summed E-state index contributed by atoms with van der Waals surface area (Å²) in [6.07, 6.45) is 1.27. The Balaban J connectivity index is 1.61. The molecule has 0 aliphatic heterocycles. The highest BCUT2D eigenvalue weighted by Crippen LogP contribution is 2.25. The van der Waals surface area contributed by atoms with Crippen LogP contribution in [0.1, 0.15) is 32.6 Å². The van der Waals surface area contributed by atoms with Crippen molar-refractivity contribution in [1.82, 2.24) is 0 Å². The summed E-state index contributed by atoms with van der Waals surface area (Å²) in [6, 6.07) is 15.9. The van der Waals surface area contributed by atoms with Crippen LogP contribution in [-0.2, 0) is 0 Å². The molecule has 4 rings (SSSR count). The number of ether oxygens (including phenoxy) is 2. The smallest absolute Gasteiger partial charge is 0.344 e. The number of carbonyl (C=O) groups excluding carboxylic acids is 1. The molecule has 0 saturated carbocycles. The molecule has 1 heterocycles. The second kappa shape index (κ2) is 8.11. The average Bonchev–Trinajstić information content (AvgIpc) is 2.71. The van der Waals surface area contributed by atoms with E-state index in [0.29, 0.717) is 28.0 Å². The van der Waals surface area contributed by atoms with E-state index in [0.717, 1.165) is 22.3 Å². The number of fused-ring (bicyclic) bond motifs is 1. The number of carbonyl (C=O) groups is 1. The minimum absolute atomic E-state index is 0.0898. The van der Waals surface area contributed by atoms with Crippen molar-refractivity contribution >= 4 is 16.9 Å². The zero-order chi connectivity index (χ0) is 22.1. The molecule has 4 aromatic rings. The van der Waals surface area contributed by atoms with Gasteiger partial charge in [0.1, 0.15) is 23.3 Å². The molecule has 156 valence electrons. The van der Waals surface area contributed by atoms with Gasteiger partial charge in [-0.05, 0) is 63.1 Å². The molecule has 5 heteroatoms. The molecule has 0 saturated heterocycles. The SMILES string of the molecule is Cc1ccc(Oc2coc3cc(OC(=O)c4c(C)cc(C)cc4C)ccc3c2=O)cc1. The number of hydrogen-bond donors (Lipinski definition) is 0. The Bertz CT molecular complexity index is 1320. The molecular weight excluding hydrogens is 392 g/mol. The van der Waals surface area contributed by atoms with Crippen LogP contribution in [0.4, 0.5) is 0 Å². The Morgan fingerprint density at radius 1 is 0.806 bits per heavy atom. The number of hydrogen-bond acceptors (Lipinski definition) is 5. The molecule has 0 atom stereocenters. The third-order valence-electron chi connectivity index (χ3n) is 5.05. The minimum Gasteiger partial charge on any atom is -0.460 e. The minimum atomic E-state index is -0.448. The quantitative estimate of drug-likeness (QED) is 0.301. The highest BCUT2D eigenvalue weighted by Gasteiger charge is 2.16. The van der Waals surface area contributed by atoms with E-state index in [1.165, 1.54) is 12.3 Å². The van der Waals surface area contributed by atoms with Gasteiger partial charge in [0.2, 0.25) is 11.2 Å². The molecule has 0 unspecified atom stereocenters. The standard InChI is InChI=1S/C26H22O5/c1-15-5-7-19(8-6-15)30-23-14-29-22-13-20(9-10-21(22)25(23)27)31-26(28)24-17(3)11-16(2)12-18(24)4/h5-14H,1-4H3. The van der Waals surface area contributed by atoms with Gasteiger partial charge in [-0.1, -0.05) is 35.4 Å². The van der Waals surface area contributed by atoms with Gasteiger partial charge in [0, 0.05) is 6.07 Å². The zero-order valence-corrected chi connectivity index (χ0v) is 17.8. The van der Waals surface area contributed by atoms with Crippen LogP contribution in [0.2, 0.25) is 0 Å². The molecule has 3 aromatic carbocycles. The number of esters is 1. The largest absolute Gasteiger partial charge is 0.460 e. The maximum Gasteiger partial charge on any atom is 0.344 e. The Hall–Kier alpha value is -3.86. The fourth-order valence-electron chi connectivity index (χ4n) is 3.62. The van der Waals surface area contributed by atoms with E-state index in [1.807, 2.05) is 52.0 Å². The second-order valence-corrected chi connectivity index (χ2v) is 7.67. The number of rotatable bonds is 4. The van der Waals surface area contributed by atoms with Crippen LogP contribution in [0, 0.1) is 27.7 Å². The number of benzene rings is 3. The summed E-state index contributed by atoms with van der Waals surface area (Å²) >= 11 is 0. The van der Waals surface area contributed by atoms with Crippen molar-refractivity contribution < 1.29 is 18.7 Å². The van der Waals surface area contributed by atoms with Crippen LogP contribution in [-0.4, -0.2) is 5.97 Å². The summed E-state index contributed by atoms with van der Waals surface area (Å²) in [5.74, 6) is 0.488. The second-order valence-electron chi connectivity index (χ2n) is 7.67. The van der Waals surface area contributed by atoms with Gasteiger partial charge in [-0.15, -0.1) is 0 Å². The third-order valence-corrected chi connectivity index (χ3v) is 5.05. The van der Waals surface area contributed by atoms with Gasteiger partial charge in [0.05, 0.1) is 10.9 Å². The third kappa shape index (κ3) is 4.21. The molecule has 0 aliphatic rings. The Labute approximate surface area is 179 Å². The maximum absolute atomic E-state index is 12.8. The summed E-state index contributed by atoms with van der Waals surface area (Å²) < 4.78 is 16.8. The van der Waals surface area contributed by atoms with Crippen LogP contribution in [0.15, 0.2) is 70.1 Å². The zero-order valence-electron chi connectivity index (χ0n) is 17.8. The lowest BCUT2D eigenvalue weighted by atomic mass is 10.00. The van der Waals surface area contributed by atoms with Gasteiger partial charge in [-0.3, -0.25) is 4.79 Å². The van der Waals surface area contributed by atoms with Crippen LogP contribution in [0.5, 0.6) is 17.2 Å². The van der Waals surface area contributed by atoms with Gasteiger partial charge < -0.3 is 13.9 Å². The van der Waals surface area contributed by atoms with Crippen LogP contribution in [0.25, 0.3) is 11.0 Å². The normalized spacial score (nSPS) is 10.8. The molecule has 0 aliphatic carbocycles. The highest BCUT2D eigenvalue weighted by atomic mass is 16.5. The first-order valence-electron chi connectivity index (χ1n) is 9.92. The van der Waals surface area contributed by atoms with Crippen molar-refractivity contribution in [3.05, 3.63) is 98.9 Å². The van der Waals surface area contributed by atoms with Crippen LogP contribution < -0.4 is 14.9 Å². The molecule has 0 radical (unpaired) electrons. The lowest BCUT2D eigenvalue weighted by molar-refractivity contribution is 0.0733. The van der Waals surface area contributed by atoms with E-state index in [-0.39, 0.29) is 11.2 Å². The van der Waals surface area contributed by atoms with E-state index < -0.39 is 5.97 Å². The summed E-state index contributed by atoms with van der Waals surface area (Å²) in [6.45, 7) is 7.72. The van der Waals surface area contributed by atoms with Gasteiger partial charge in [-0.2, -0.15) is 0 Å². The van der Waals surface area contributed by atoms with Gasteiger partial charge in [0.15, 0.2) is 0 Å². The fourth-order valence-corrected chi connectivity index (χ4v) is 3.62. The summed E-state index contributed by atoms with van der Waals surface area (Å²) in [5, 5.41) is 0.340.